The summed E-state index contributed by atoms with van der Waals surface area (Å²) in [6.45, 7) is 0. The molecule has 0 bridgehead atoms. The molecule has 0 N–H and O–H groups in total. The predicted molar refractivity (Wildman–Crippen MR) is 218 cm³/mol. The highest BCUT2D eigenvalue weighted by atomic mass is 16.3. The van der Waals surface area contributed by atoms with E-state index in [4.69, 9.17) is 4.42 Å². The molecule has 0 aliphatic heterocycles. The van der Waals surface area contributed by atoms with Crippen molar-refractivity contribution in [3.05, 3.63) is 182 Å². The van der Waals surface area contributed by atoms with Crippen molar-refractivity contribution in [1.82, 2.24) is 0 Å². The molecule has 11 rings (SSSR count). The third-order valence-electron chi connectivity index (χ3n) is 10.8. The van der Waals surface area contributed by atoms with E-state index in [-0.39, 0.29) is 0 Å². The summed E-state index contributed by atoms with van der Waals surface area (Å²) in [6, 6.07) is 66.4. The van der Waals surface area contributed by atoms with Crippen molar-refractivity contribution in [3.63, 3.8) is 0 Å². The number of hydrogen-bond donors (Lipinski definition) is 0. The van der Waals surface area contributed by atoms with Gasteiger partial charge >= 0.3 is 0 Å². The highest BCUT2D eigenvalue weighted by molar-refractivity contribution is 6.22. The molecule has 51 heavy (non-hydrogen) atoms. The van der Waals surface area contributed by atoms with Gasteiger partial charge in [-0.3, -0.25) is 0 Å². The first kappa shape index (κ1) is 28.2. The second kappa shape index (κ2) is 10.9. The van der Waals surface area contributed by atoms with Crippen LogP contribution < -0.4 is 0 Å². The minimum absolute atomic E-state index is 0.899. The lowest BCUT2D eigenvalue weighted by atomic mass is 9.85. The van der Waals surface area contributed by atoms with Crippen molar-refractivity contribution in [2.75, 3.05) is 0 Å². The molecular formula is C50H30O. The number of rotatable bonds is 3. The Morgan fingerprint density at radius 3 is 1.43 bits per heavy atom. The zero-order valence-corrected chi connectivity index (χ0v) is 27.7. The van der Waals surface area contributed by atoms with E-state index in [1.807, 2.05) is 0 Å². The Kier molecular flexibility index (Phi) is 6.02. The molecule has 0 spiro atoms. The van der Waals surface area contributed by atoms with Gasteiger partial charge in [-0.25, -0.2) is 0 Å². The standard InChI is InChI=1S/C50H30O/c1-2-12-33-28-35(21-20-31(33)10-1)49-41-14-5-7-16-43(41)50(44-17-8-6-15-42(44)49)36-24-27-48-46(30-36)45-29-34(23-26-47(45)51-48)38-18-9-19-39-37-13-4-3-11-32(37)22-25-40(38)39/h1-30H. The topological polar surface area (TPSA) is 13.1 Å². The van der Waals surface area contributed by atoms with E-state index >= 15 is 0 Å². The van der Waals surface area contributed by atoms with E-state index in [1.54, 1.807) is 0 Å². The molecule has 1 nitrogen and oxygen atoms in total. The SMILES string of the molecule is c1ccc2cc(-c3c4ccccc4c(-c4ccc5oc6ccc(-c7cccc8c7ccc7ccccc78)cc6c5c4)c4ccccc34)ccc2c1. The summed E-state index contributed by atoms with van der Waals surface area (Å²) >= 11 is 0. The largest absolute Gasteiger partial charge is 0.456 e. The van der Waals surface area contributed by atoms with Gasteiger partial charge in [0.1, 0.15) is 11.2 Å². The van der Waals surface area contributed by atoms with Gasteiger partial charge in [-0.1, -0.05) is 152 Å². The van der Waals surface area contributed by atoms with Gasteiger partial charge in [-0.05, 0) is 118 Å². The number of fused-ring (bicyclic) bond motifs is 9. The van der Waals surface area contributed by atoms with Crippen molar-refractivity contribution in [2.45, 2.75) is 0 Å². The maximum atomic E-state index is 6.47. The van der Waals surface area contributed by atoms with Crippen LogP contribution in [-0.2, 0) is 0 Å². The van der Waals surface area contributed by atoms with Gasteiger partial charge < -0.3 is 4.42 Å². The van der Waals surface area contributed by atoms with E-state index in [2.05, 4.69) is 182 Å². The number of furan rings is 1. The Hall–Kier alpha value is -6.70. The van der Waals surface area contributed by atoms with Gasteiger partial charge in [-0.15, -0.1) is 0 Å². The van der Waals surface area contributed by atoms with Crippen LogP contribution in [-0.4, -0.2) is 0 Å². The van der Waals surface area contributed by atoms with E-state index in [9.17, 15) is 0 Å². The maximum absolute atomic E-state index is 6.47. The van der Waals surface area contributed by atoms with Crippen LogP contribution in [0.15, 0.2) is 186 Å². The lowest BCUT2D eigenvalue weighted by Crippen LogP contribution is -1.91. The predicted octanol–water partition coefficient (Wildman–Crippen LogP) is 14.4. The summed E-state index contributed by atoms with van der Waals surface area (Å²) in [5.74, 6) is 0. The number of benzene rings is 10. The second-order valence-corrected chi connectivity index (χ2v) is 13.6. The molecule has 11 aromatic rings. The molecule has 0 atom stereocenters. The fourth-order valence-electron chi connectivity index (χ4n) is 8.49. The molecule has 1 heteroatoms. The molecule has 1 heterocycles. The first-order valence-electron chi connectivity index (χ1n) is 17.6. The van der Waals surface area contributed by atoms with E-state index < -0.39 is 0 Å². The van der Waals surface area contributed by atoms with Crippen LogP contribution in [0.1, 0.15) is 0 Å². The molecule has 0 radical (unpaired) electrons. The zero-order chi connectivity index (χ0) is 33.5. The van der Waals surface area contributed by atoms with Gasteiger partial charge in [0.05, 0.1) is 0 Å². The van der Waals surface area contributed by atoms with Gasteiger partial charge in [0.25, 0.3) is 0 Å². The fraction of sp³-hybridized carbons (Fsp3) is 0. The third-order valence-corrected chi connectivity index (χ3v) is 10.8. The average molecular weight is 647 g/mol. The Morgan fingerprint density at radius 1 is 0.255 bits per heavy atom. The van der Waals surface area contributed by atoms with Crippen molar-refractivity contribution in [1.29, 1.82) is 0 Å². The summed E-state index contributed by atoms with van der Waals surface area (Å²) in [5, 5.41) is 14.8. The maximum Gasteiger partial charge on any atom is 0.135 e. The van der Waals surface area contributed by atoms with E-state index in [0.29, 0.717) is 0 Å². The molecule has 1 aromatic heterocycles. The van der Waals surface area contributed by atoms with Gasteiger partial charge in [-0.2, -0.15) is 0 Å². The lowest BCUT2D eigenvalue weighted by molar-refractivity contribution is 0.669. The molecule has 10 aromatic carbocycles. The molecule has 0 saturated carbocycles. The molecule has 0 fully saturated rings. The van der Waals surface area contributed by atoms with Crippen molar-refractivity contribution in [3.8, 4) is 33.4 Å². The molecule has 0 aliphatic rings. The summed E-state index contributed by atoms with van der Waals surface area (Å²) in [6.07, 6.45) is 0. The first-order chi connectivity index (χ1) is 25.3. The summed E-state index contributed by atoms with van der Waals surface area (Å²) in [5.41, 5.74) is 9.16. The summed E-state index contributed by atoms with van der Waals surface area (Å²) in [7, 11) is 0. The van der Waals surface area contributed by atoms with Crippen molar-refractivity contribution >= 4 is 75.8 Å². The minimum atomic E-state index is 0.899. The first-order valence-corrected chi connectivity index (χ1v) is 17.6. The molecule has 0 unspecified atom stereocenters. The quantitative estimate of drug-likeness (QED) is 0.138. The molecule has 0 amide bonds. The van der Waals surface area contributed by atoms with Gasteiger partial charge in [0.2, 0.25) is 0 Å². The van der Waals surface area contributed by atoms with Crippen LogP contribution in [0.3, 0.4) is 0 Å². The third kappa shape index (κ3) is 4.28. The highest BCUT2D eigenvalue weighted by Gasteiger charge is 2.18. The van der Waals surface area contributed by atoms with Crippen LogP contribution in [0, 0.1) is 0 Å². The molecule has 0 aliphatic carbocycles. The molecule has 236 valence electrons. The minimum Gasteiger partial charge on any atom is -0.456 e. The van der Waals surface area contributed by atoms with Crippen LogP contribution in [0.2, 0.25) is 0 Å². The Bertz CT molecular complexity index is 3140. The average Bonchev–Trinajstić information content (AvgIpc) is 3.56. The van der Waals surface area contributed by atoms with E-state index in [0.717, 1.165) is 21.9 Å². The van der Waals surface area contributed by atoms with Crippen LogP contribution >= 0.6 is 0 Å². The fourth-order valence-corrected chi connectivity index (χ4v) is 8.49. The monoisotopic (exact) mass is 646 g/mol. The normalized spacial score (nSPS) is 11.9. The second-order valence-electron chi connectivity index (χ2n) is 13.6. The zero-order valence-electron chi connectivity index (χ0n) is 27.7. The van der Waals surface area contributed by atoms with Crippen molar-refractivity contribution < 1.29 is 4.42 Å². The Labute approximate surface area is 294 Å². The molecule has 0 saturated heterocycles. The highest BCUT2D eigenvalue weighted by Crippen LogP contribution is 2.45. The summed E-state index contributed by atoms with van der Waals surface area (Å²) < 4.78 is 6.47. The number of hydrogen-bond acceptors (Lipinski definition) is 1. The van der Waals surface area contributed by atoms with Crippen LogP contribution in [0.5, 0.6) is 0 Å². The Morgan fingerprint density at radius 2 is 0.745 bits per heavy atom. The van der Waals surface area contributed by atoms with Crippen LogP contribution in [0.4, 0.5) is 0 Å². The summed E-state index contributed by atoms with van der Waals surface area (Å²) in [4.78, 5) is 0. The lowest BCUT2D eigenvalue weighted by Gasteiger charge is -2.18. The van der Waals surface area contributed by atoms with E-state index in [1.165, 1.54) is 87.2 Å². The van der Waals surface area contributed by atoms with Crippen LogP contribution in [0.25, 0.3) is 109 Å². The smallest absolute Gasteiger partial charge is 0.135 e. The van der Waals surface area contributed by atoms with Crippen molar-refractivity contribution in [2.24, 2.45) is 0 Å². The molecular weight excluding hydrogens is 617 g/mol. The Balaban J connectivity index is 1.14. The van der Waals surface area contributed by atoms with Gasteiger partial charge in [0.15, 0.2) is 0 Å². The van der Waals surface area contributed by atoms with Gasteiger partial charge in [0, 0.05) is 10.8 Å².